The molecule has 0 saturated carbocycles. The third-order valence-electron chi connectivity index (χ3n) is 1.36. The van der Waals surface area contributed by atoms with Gasteiger partial charge in [0.15, 0.2) is 0 Å². The Hall–Kier alpha value is -0.880. The molecular weight excluding hydrogens is 236 g/mol. The minimum Gasteiger partial charge on any atom is -0.277 e. The van der Waals surface area contributed by atoms with Crippen LogP contribution in [0, 0.1) is 0 Å². The van der Waals surface area contributed by atoms with E-state index in [2.05, 4.69) is 0 Å². The van der Waals surface area contributed by atoms with Crippen LogP contribution in [0.25, 0.3) is 0 Å². The van der Waals surface area contributed by atoms with Gasteiger partial charge in [0.1, 0.15) is 0 Å². The molecule has 14 heavy (non-hydrogen) atoms. The normalized spacial score (nSPS) is 11.7. The number of hydrogen-bond donors (Lipinski definition) is 1. The number of benzene rings is 1. The molecule has 78 valence electrons. The average Bonchev–Trinajstić information content (AvgIpc) is 2.08. The second-order valence-electron chi connectivity index (χ2n) is 2.39. The number of sulfonamides is 1. The SMILES string of the molecule is O=S(=O)(Nc1ccccc1Cl)C(F)F. The van der Waals surface area contributed by atoms with Crippen molar-refractivity contribution in [3.63, 3.8) is 0 Å². The lowest BCUT2D eigenvalue weighted by molar-refractivity contribution is 0.236. The van der Waals surface area contributed by atoms with Gasteiger partial charge in [-0.05, 0) is 12.1 Å². The van der Waals surface area contributed by atoms with Crippen LogP contribution in [0.1, 0.15) is 0 Å². The van der Waals surface area contributed by atoms with Crippen molar-refractivity contribution >= 4 is 27.3 Å². The summed E-state index contributed by atoms with van der Waals surface area (Å²) in [5.74, 6) is -3.47. The smallest absolute Gasteiger partial charge is 0.277 e. The summed E-state index contributed by atoms with van der Waals surface area (Å²) in [5.41, 5.74) is -0.0607. The Morgan fingerprint density at radius 1 is 1.29 bits per heavy atom. The number of rotatable bonds is 3. The van der Waals surface area contributed by atoms with Crippen LogP contribution >= 0.6 is 11.6 Å². The number of halogens is 3. The molecule has 0 fully saturated rings. The maximum Gasteiger partial charge on any atom is 0.355 e. The summed E-state index contributed by atoms with van der Waals surface area (Å²) >= 11 is 5.56. The van der Waals surface area contributed by atoms with Crippen LogP contribution in [0.2, 0.25) is 5.02 Å². The zero-order valence-electron chi connectivity index (χ0n) is 6.75. The largest absolute Gasteiger partial charge is 0.355 e. The van der Waals surface area contributed by atoms with E-state index >= 15 is 0 Å². The second kappa shape index (κ2) is 4.10. The molecule has 0 amide bonds. The van der Waals surface area contributed by atoms with E-state index < -0.39 is 15.8 Å². The fourth-order valence-electron chi connectivity index (χ4n) is 0.742. The lowest BCUT2D eigenvalue weighted by atomic mass is 10.3. The Labute approximate surface area is 84.7 Å². The topological polar surface area (TPSA) is 46.2 Å². The molecule has 0 unspecified atom stereocenters. The van der Waals surface area contributed by atoms with Gasteiger partial charge in [-0.15, -0.1) is 0 Å². The van der Waals surface area contributed by atoms with Crippen molar-refractivity contribution in [3.8, 4) is 0 Å². The van der Waals surface area contributed by atoms with Crippen LogP contribution in [-0.4, -0.2) is 14.2 Å². The van der Waals surface area contributed by atoms with E-state index in [-0.39, 0.29) is 10.7 Å². The van der Waals surface area contributed by atoms with Gasteiger partial charge in [-0.3, -0.25) is 4.72 Å². The van der Waals surface area contributed by atoms with Gasteiger partial charge in [-0.25, -0.2) is 8.42 Å². The molecule has 1 aromatic rings. The summed E-state index contributed by atoms with van der Waals surface area (Å²) in [6, 6.07) is 5.73. The Bertz CT molecular complexity index is 421. The summed E-state index contributed by atoms with van der Waals surface area (Å²) in [7, 11) is -4.64. The third-order valence-corrected chi connectivity index (χ3v) is 2.66. The van der Waals surface area contributed by atoms with Gasteiger partial charge in [0, 0.05) is 0 Å². The van der Waals surface area contributed by atoms with E-state index in [9.17, 15) is 17.2 Å². The molecular formula is C7H6ClF2NO2S. The number of hydrogen-bond acceptors (Lipinski definition) is 2. The highest BCUT2D eigenvalue weighted by Crippen LogP contribution is 2.22. The first kappa shape index (κ1) is 11.2. The van der Waals surface area contributed by atoms with Crippen LogP contribution in [0.15, 0.2) is 24.3 Å². The molecule has 0 aliphatic carbocycles. The van der Waals surface area contributed by atoms with Crippen molar-refractivity contribution in [2.45, 2.75) is 5.76 Å². The predicted octanol–water partition coefficient (Wildman–Crippen LogP) is 2.30. The number of nitrogens with one attached hydrogen (secondary N) is 1. The molecule has 3 nitrogen and oxygen atoms in total. The predicted molar refractivity (Wildman–Crippen MR) is 50.0 cm³/mol. The zero-order chi connectivity index (χ0) is 10.8. The maximum absolute atomic E-state index is 11.9. The molecule has 0 atom stereocenters. The quantitative estimate of drug-likeness (QED) is 0.883. The van der Waals surface area contributed by atoms with E-state index in [1.807, 2.05) is 0 Å². The molecule has 0 heterocycles. The first-order valence-electron chi connectivity index (χ1n) is 3.48. The van der Waals surface area contributed by atoms with Crippen molar-refractivity contribution in [3.05, 3.63) is 29.3 Å². The Morgan fingerprint density at radius 2 is 1.86 bits per heavy atom. The van der Waals surface area contributed by atoms with E-state index in [4.69, 9.17) is 11.6 Å². The van der Waals surface area contributed by atoms with E-state index in [1.54, 1.807) is 10.8 Å². The summed E-state index contributed by atoms with van der Waals surface area (Å²) in [4.78, 5) is 0. The summed E-state index contributed by atoms with van der Waals surface area (Å²) < 4.78 is 47.0. The van der Waals surface area contributed by atoms with Gasteiger partial charge in [0.2, 0.25) is 0 Å². The fourth-order valence-corrected chi connectivity index (χ4v) is 1.55. The van der Waals surface area contributed by atoms with Crippen LogP contribution in [0.4, 0.5) is 14.5 Å². The highest BCUT2D eigenvalue weighted by molar-refractivity contribution is 7.93. The molecule has 7 heteroatoms. The van der Waals surface area contributed by atoms with Crippen molar-refractivity contribution in [1.82, 2.24) is 0 Å². The molecule has 1 N–H and O–H groups in total. The van der Waals surface area contributed by atoms with E-state index in [0.717, 1.165) is 0 Å². The molecule has 0 spiro atoms. The van der Waals surface area contributed by atoms with Gasteiger partial charge < -0.3 is 0 Å². The first-order chi connectivity index (χ1) is 6.43. The zero-order valence-corrected chi connectivity index (χ0v) is 8.32. The Kier molecular flexibility index (Phi) is 3.28. The van der Waals surface area contributed by atoms with Crippen LogP contribution in [0.5, 0.6) is 0 Å². The van der Waals surface area contributed by atoms with Crippen molar-refractivity contribution in [2.24, 2.45) is 0 Å². The lowest BCUT2D eigenvalue weighted by Crippen LogP contribution is -2.20. The number of para-hydroxylation sites is 1. The molecule has 0 aliphatic heterocycles. The van der Waals surface area contributed by atoms with Gasteiger partial charge in [0.25, 0.3) is 10.0 Å². The third kappa shape index (κ3) is 2.55. The number of anilines is 1. The highest BCUT2D eigenvalue weighted by atomic mass is 35.5. The fraction of sp³-hybridized carbons (Fsp3) is 0.143. The van der Waals surface area contributed by atoms with Crippen LogP contribution < -0.4 is 4.72 Å². The first-order valence-corrected chi connectivity index (χ1v) is 5.40. The van der Waals surface area contributed by atoms with Crippen molar-refractivity contribution in [1.29, 1.82) is 0 Å². The molecule has 0 bridgehead atoms. The summed E-state index contributed by atoms with van der Waals surface area (Å²) in [6.07, 6.45) is 0. The Balaban J connectivity index is 2.96. The molecule has 0 radical (unpaired) electrons. The maximum atomic E-state index is 11.9. The van der Waals surface area contributed by atoms with Gasteiger partial charge in [-0.1, -0.05) is 23.7 Å². The standard InChI is InChI=1S/C7H6ClF2NO2S/c8-5-3-1-2-4-6(5)11-14(12,13)7(9)10/h1-4,7,11H. The lowest BCUT2D eigenvalue weighted by Gasteiger charge is -2.07. The Morgan fingerprint density at radius 3 is 2.36 bits per heavy atom. The highest BCUT2D eigenvalue weighted by Gasteiger charge is 2.24. The summed E-state index contributed by atoms with van der Waals surface area (Å²) in [5, 5.41) is 0.0664. The average molecular weight is 242 g/mol. The molecule has 1 rings (SSSR count). The van der Waals surface area contributed by atoms with Crippen molar-refractivity contribution in [2.75, 3.05) is 4.72 Å². The number of alkyl halides is 2. The van der Waals surface area contributed by atoms with Gasteiger partial charge in [0.05, 0.1) is 10.7 Å². The second-order valence-corrected chi connectivity index (χ2v) is 4.45. The van der Waals surface area contributed by atoms with Crippen LogP contribution in [-0.2, 0) is 10.0 Å². The molecule has 1 aromatic carbocycles. The van der Waals surface area contributed by atoms with Crippen molar-refractivity contribution < 1.29 is 17.2 Å². The van der Waals surface area contributed by atoms with Crippen LogP contribution in [0.3, 0.4) is 0 Å². The molecule has 0 aromatic heterocycles. The van der Waals surface area contributed by atoms with E-state index in [0.29, 0.717) is 0 Å². The monoisotopic (exact) mass is 241 g/mol. The summed E-state index contributed by atoms with van der Waals surface area (Å²) in [6.45, 7) is 0. The van der Waals surface area contributed by atoms with Gasteiger partial charge in [-0.2, -0.15) is 8.78 Å². The molecule has 0 aliphatic rings. The minimum atomic E-state index is -4.64. The molecule has 0 saturated heterocycles. The minimum absolute atomic E-state index is 0.0607. The van der Waals surface area contributed by atoms with E-state index in [1.165, 1.54) is 18.2 Å². The van der Waals surface area contributed by atoms with Gasteiger partial charge >= 0.3 is 5.76 Å².